The molecule has 0 atom stereocenters. The van der Waals surface area contributed by atoms with E-state index in [1.807, 2.05) is 0 Å². The van der Waals surface area contributed by atoms with Crippen LogP contribution in [0.15, 0.2) is 65.3 Å². The first-order chi connectivity index (χ1) is 14.5. The number of carbonyl (C=O) groups is 3. The second-order valence-electron chi connectivity index (χ2n) is 5.96. The van der Waals surface area contributed by atoms with Gasteiger partial charge < -0.3 is 23.4 Å². The van der Waals surface area contributed by atoms with Gasteiger partial charge in [-0.05, 0) is 54.6 Å². The van der Waals surface area contributed by atoms with Gasteiger partial charge >= 0.3 is 11.9 Å². The van der Waals surface area contributed by atoms with Crippen LogP contribution < -0.4 is 14.2 Å². The van der Waals surface area contributed by atoms with Crippen molar-refractivity contribution < 1.29 is 37.7 Å². The maximum Gasteiger partial charge on any atom is 0.379 e. The van der Waals surface area contributed by atoms with Crippen LogP contribution >= 0.6 is 0 Å². The normalized spacial score (nSPS) is 10.2. The van der Waals surface area contributed by atoms with Gasteiger partial charge in [0.1, 0.15) is 5.75 Å². The van der Waals surface area contributed by atoms with Gasteiger partial charge in [-0.1, -0.05) is 0 Å². The first-order valence-electron chi connectivity index (χ1n) is 8.80. The highest BCUT2D eigenvalue weighted by Gasteiger charge is 2.15. The molecule has 0 saturated heterocycles. The number of ether oxygens (including phenoxy) is 4. The number of ketones is 1. The lowest BCUT2D eigenvalue weighted by atomic mass is 10.1. The van der Waals surface area contributed by atoms with Crippen molar-refractivity contribution in [2.75, 3.05) is 20.8 Å². The molecule has 2 aromatic carbocycles. The number of benzene rings is 2. The zero-order chi connectivity index (χ0) is 21.5. The molecule has 0 aliphatic carbocycles. The molecular weight excluding hydrogens is 392 g/mol. The molecule has 0 aliphatic rings. The summed E-state index contributed by atoms with van der Waals surface area (Å²) in [6.07, 6.45) is 1.36. The van der Waals surface area contributed by atoms with Crippen LogP contribution in [0.2, 0.25) is 0 Å². The fourth-order valence-corrected chi connectivity index (χ4v) is 2.52. The number of hydrogen-bond acceptors (Lipinski definition) is 8. The second-order valence-corrected chi connectivity index (χ2v) is 5.96. The molecule has 8 nitrogen and oxygen atoms in total. The molecule has 0 radical (unpaired) electrons. The minimum Gasteiger partial charge on any atom is -0.493 e. The fraction of sp³-hybridized carbons (Fsp3) is 0.136. The second kappa shape index (κ2) is 9.42. The van der Waals surface area contributed by atoms with Crippen LogP contribution in [0, 0.1) is 0 Å². The summed E-state index contributed by atoms with van der Waals surface area (Å²) >= 11 is 0. The summed E-state index contributed by atoms with van der Waals surface area (Å²) in [5, 5.41) is 0. The number of Topliss-reactive ketones (excluding diaryl/α,β-unsaturated/α-hetero) is 1. The molecule has 0 amide bonds. The smallest absolute Gasteiger partial charge is 0.379 e. The van der Waals surface area contributed by atoms with E-state index in [-0.39, 0.29) is 17.1 Å². The Morgan fingerprint density at radius 1 is 0.833 bits per heavy atom. The van der Waals surface area contributed by atoms with Crippen LogP contribution in [0.4, 0.5) is 0 Å². The van der Waals surface area contributed by atoms with E-state index in [4.69, 9.17) is 23.4 Å². The quantitative estimate of drug-likeness (QED) is 0.316. The Hall–Kier alpha value is -4.07. The van der Waals surface area contributed by atoms with E-state index in [0.717, 1.165) is 0 Å². The minimum atomic E-state index is -0.673. The van der Waals surface area contributed by atoms with E-state index >= 15 is 0 Å². The highest BCUT2D eigenvalue weighted by atomic mass is 16.5. The molecule has 3 aromatic rings. The third-order valence-corrected chi connectivity index (χ3v) is 4.06. The van der Waals surface area contributed by atoms with Crippen molar-refractivity contribution in [1.29, 1.82) is 0 Å². The molecule has 3 rings (SSSR count). The van der Waals surface area contributed by atoms with Crippen LogP contribution in [0.25, 0.3) is 0 Å². The number of rotatable bonds is 8. The molecule has 30 heavy (non-hydrogen) atoms. The van der Waals surface area contributed by atoms with Gasteiger partial charge in [0.05, 0.1) is 26.0 Å². The lowest BCUT2D eigenvalue weighted by molar-refractivity contribution is 0.0474. The van der Waals surface area contributed by atoms with Crippen molar-refractivity contribution in [3.8, 4) is 17.2 Å². The average Bonchev–Trinajstić information content (AvgIpc) is 3.32. The Morgan fingerprint density at radius 3 is 2.17 bits per heavy atom. The van der Waals surface area contributed by atoms with Crippen LogP contribution in [-0.4, -0.2) is 38.5 Å². The van der Waals surface area contributed by atoms with Crippen LogP contribution in [0.3, 0.4) is 0 Å². The zero-order valence-corrected chi connectivity index (χ0v) is 16.2. The Morgan fingerprint density at radius 2 is 1.53 bits per heavy atom. The van der Waals surface area contributed by atoms with E-state index < -0.39 is 24.3 Å². The monoisotopic (exact) mass is 410 g/mol. The van der Waals surface area contributed by atoms with Gasteiger partial charge in [0.15, 0.2) is 23.9 Å². The molecule has 0 unspecified atom stereocenters. The molecule has 0 fully saturated rings. The van der Waals surface area contributed by atoms with Gasteiger partial charge in [-0.3, -0.25) is 4.79 Å². The molecule has 0 saturated carbocycles. The minimum absolute atomic E-state index is 0.0669. The first-order valence-corrected chi connectivity index (χ1v) is 8.80. The van der Waals surface area contributed by atoms with Crippen LogP contribution in [0.1, 0.15) is 31.3 Å². The molecular formula is C22H18O8. The van der Waals surface area contributed by atoms with E-state index in [1.54, 1.807) is 12.1 Å². The number of hydrogen-bond donors (Lipinski definition) is 0. The predicted molar refractivity (Wildman–Crippen MR) is 104 cm³/mol. The lowest BCUT2D eigenvalue weighted by Gasteiger charge is -2.09. The maximum atomic E-state index is 12.3. The molecule has 0 N–H and O–H groups in total. The molecule has 1 heterocycles. The largest absolute Gasteiger partial charge is 0.493 e. The highest BCUT2D eigenvalue weighted by molar-refractivity contribution is 5.99. The summed E-state index contributed by atoms with van der Waals surface area (Å²) < 4.78 is 25.4. The Bertz CT molecular complexity index is 1040. The molecule has 0 bridgehead atoms. The third kappa shape index (κ3) is 4.85. The van der Waals surface area contributed by atoms with Gasteiger partial charge in [-0.25, -0.2) is 9.59 Å². The zero-order valence-electron chi connectivity index (χ0n) is 16.2. The molecule has 1 aromatic heterocycles. The Kier molecular flexibility index (Phi) is 6.49. The van der Waals surface area contributed by atoms with Gasteiger partial charge in [-0.15, -0.1) is 0 Å². The van der Waals surface area contributed by atoms with Gasteiger partial charge in [-0.2, -0.15) is 0 Å². The topological polar surface area (TPSA) is 101 Å². The van der Waals surface area contributed by atoms with E-state index in [9.17, 15) is 14.4 Å². The number of esters is 2. The SMILES string of the molecule is COc1ccc(C(=O)OCC(=O)c2ccc(OC(=O)c3ccco3)cc2)cc1OC. The van der Waals surface area contributed by atoms with Crippen molar-refractivity contribution in [3.63, 3.8) is 0 Å². The average molecular weight is 410 g/mol. The summed E-state index contributed by atoms with van der Waals surface area (Å²) in [6, 6.07) is 13.5. The molecule has 8 heteroatoms. The summed E-state index contributed by atoms with van der Waals surface area (Å²) in [4.78, 5) is 36.3. The van der Waals surface area contributed by atoms with Crippen molar-refractivity contribution in [2.24, 2.45) is 0 Å². The lowest BCUT2D eigenvalue weighted by Crippen LogP contribution is -2.14. The maximum absolute atomic E-state index is 12.3. The van der Waals surface area contributed by atoms with Crippen molar-refractivity contribution in [1.82, 2.24) is 0 Å². The van der Waals surface area contributed by atoms with E-state index in [1.165, 1.54) is 62.9 Å². The van der Waals surface area contributed by atoms with Gasteiger partial charge in [0.2, 0.25) is 5.76 Å². The van der Waals surface area contributed by atoms with Gasteiger partial charge in [0, 0.05) is 5.56 Å². The number of furan rings is 1. The van der Waals surface area contributed by atoms with Crippen molar-refractivity contribution in [2.45, 2.75) is 0 Å². The van der Waals surface area contributed by atoms with Gasteiger partial charge in [0.25, 0.3) is 0 Å². The number of carbonyl (C=O) groups excluding carboxylic acids is 3. The Labute approximate surface area is 171 Å². The van der Waals surface area contributed by atoms with Crippen molar-refractivity contribution in [3.05, 3.63) is 77.7 Å². The van der Waals surface area contributed by atoms with E-state index in [0.29, 0.717) is 17.1 Å². The van der Waals surface area contributed by atoms with E-state index in [2.05, 4.69) is 0 Å². The molecule has 0 spiro atoms. The Balaban J connectivity index is 1.57. The summed E-state index contributed by atoms with van der Waals surface area (Å²) in [5.74, 6) is -0.576. The number of methoxy groups -OCH3 is 2. The van der Waals surface area contributed by atoms with Crippen LogP contribution in [-0.2, 0) is 4.74 Å². The van der Waals surface area contributed by atoms with Crippen molar-refractivity contribution >= 4 is 17.7 Å². The summed E-state index contributed by atoms with van der Waals surface area (Å²) in [5.41, 5.74) is 0.522. The third-order valence-electron chi connectivity index (χ3n) is 4.06. The summed E-state index contributed by atoms with van der Waals surface area (Å²) in [6.45, 7) is -0.446. The standard InChI is InChI=1S/C22H18O8/c1-26-18-10-7-15(12-20(18)27-2)21(24)29-13-17(23)14-5-8-16(9-6-14)30-22(25)19-4-3-11-28-19/h3-12H,13H2,1-2H3. The first kappa shape index (κ1) is 20.7. The predicted octanol–water partition coefficient (Wildman–Crippen LogP) is 3.56. The fourth-order valence-electron chi connectivity index (χ4n) is 2.52. The summed E-state index contributed by atoms with van der Waals surface area (Å²) in [7, 11) is 2.93. The molecule has 154 valence electrons. The molecule has 0 aliphatic heterocycles. The van der Waals surface area contributed by atoms with Crippen LogP contribution in [0.5, 0.6) is 17.2 Å². The highest BCUT2D eigenvalue weighted by Crippen LogP contribution is 2.27.